The molecule has 1 saturated carbocycles. The van der Waals surface area contributed by atoms with E-state index in [1.807, 2.05) is 14.5 Å². The molecular weight excluding hydrogens is 348 g/mol. The van der Waals surface area contributed by atoms with Crippen molar-refractivity contribution in [3.8, 4) is 0 Å². The van der Waals surface area contributed by atoms with Crippen LogP contribution in [0.25, 0.3) is 0 Å². The SMILES string of the molecule is O=C(CCc1nnn2c1CN(C(=O)NC1CCCC1)CC2)N1CCOCC1. The average Bonchev–Trinajstić information content (AvgIpc) is 3.36. The van der Waals surface area contributed by atoms with Gasteiger partial charge in [-0.15, -0.1) is 5.10 Å². The molecule has 1 saturated heterocycles. The fourth-order valence-corrected chi connectivity index (χ4v) is 4.10. The molecule has 9 heteroatoms. The van der Waals surface area contributed by atoms with Gasteiger partial charge in [-0.05, 0) is 12.8 Å². The molecule has 1 aliphatic carbocycles. The van der Waals surface area contributed by atoms with Gasteiger partial charge in [0.25, 0.3) is 0 Å². The van der Waals surface area contributed by atoms with E-state index in [1.165, 1.54) is 12.8 Å². The van der Waals surface area contributed by atoms with E-state index in [0.717, 1.165) is 24.2 Å². The first kappa shape index (κ1) is 18.2. The van der Waals surface area contributed by atoms with Gasteiger partial charge >= 0.3 is 6.03 Å². The summed E-state index contributed by atoms with van der Waals surface area (Å²) in [6.07, 6.45) is 5.53. The van der Waals surface area contributed by atoms with Crippen molar-refractivity contribution in [3.05, 3.63) is 11.4 Å². The van der Waals surface area contributed by atoms with Gasteiger partial charge in [-0.2, -0.15) is 0 Å². The molecule has 0 radical (unpaired) electrons. The molecule has 148 valence electrons. The molecule has 1 aromatic heterocycles. The minimum absolute atomic E-state index is 0.00435. The van der Waals surface area contributed by atoms with Crippen LogP contribution in [0.15, 0.2) is 0 Å². The Kier molecular flexibility index (Phi) is 5.56. The highest BCUT2D eigenvalue weighted by atomic mass is 16.5. The Labute approximate surface area is 159 Å². The maximum Gasteiger partial charge on any atom is 0.318 e. The molecule has 2 fully saturated rings. The number of fused-ring (bicyclic) bond motifs is 1. The number of amides is 3. The number of nitrogens with zero attached hydrogens (tertiary/aromatic N) is 5. The van der Waals surface area contributed by atoms with E-state index in [0.29, 0.717) is 64.8 Å². The summed E-state index contributed by atoms with van der Waals surface area (Å²) in [5.41, 5.74) is 1.78. The van der Waals surface area contributed by atoms with Crippen molar-refractivity contribution in [3.63, 3.8) is 0 Å². The highest BCUT2D eigenvalue weighted by molar-refractivity contribution is 5.76. The third-order valence-corrected chi connectivity index (χ3v) is 5.75. The summed E-state index contributed by atoms with van der Waals surface area (Å²) < 4.78 is 7.16. The van der Waals surface area contributed by atoms with Gasteiger partial charge in [0.2, 0.25) is 5.91 Å². The lowest BCUT2D eigenvalue weighted by Crippen LogP contribution is -2.47. The van der Waals surface area contributed by atoms with Crippen molar-refractivity contribution < 1.29 is 14.3 Å². The Bertz CT molecular complexity index is 679. The molecule has 0 aromatic carbocycles. The zero-order chi connectivity index (χ0) is 18.6. The van der Waals surface area contributed by atoms with Crippen LogP contribution in [-0.4, -0.2) is 75.6 Å². The van der Waals surface area contributed by atoms with Crippen LogP contribution >= 0.6 is 0 Å². The number of nitrogens with one attached hydrogen (secondary N) is 1. The lowest BCUT2D eigenvalue weighted by Gasteiger charge is -2.29. The predicted octanol–water partition coefficient (Wildman–Crippen LogP) is 0.537. The van der Waals surface area contributed by atoms with Crippen molar-refractivity contribution in [2.45, 2.75) is 57.7 Å². The summed E-state index contributed by atoms with van der Waals surface area (Å²) >= 11 is 0. The quantitative estimate of drug-likeness (QED) is 0.828. The minimum Gasteiger partial charge on any atom is -0.378 e. The second-order valence-electron chi connectivity index (χ2n) is 7.55. The summed E-state index contributed by atoms with van der Waals surface area (Å²) in [4.78, 5) is 28.6. The monoisotopic (exact) mass is 376 g/mol. The molecule has 4 rings (SSSR count). The first-order valence-electron chi connectivity index (χ1n) is 10.0. The van der Waals surface area contributed by atoms with E-state index in [9.17, 15) is 9.59 Å². The van der Waals surface area contributed by atoms with E-state index in [1.54, 1.807) is 0 Å². The van der Waals surface area contributed by atoms with Gasteiger partial charge < -0.3 is 19.9 Å². The third kappa shape index (κ3) is 4.23. The zero-order valence-electron chi connectivity index (χ0n) is 15.7. The number of rotatable bonds is 4. The lowest BCUT2D eigenvalue weighted by atomic mass is 10.1. The molecule has 3 heterocycles. The normalized spacial score (nSPS) is 20.6. The van der Waals surface area contributed by atoms with Crippen molar-refractivity contribution >= 4 is 11.9 Å². The number of hydrogen-bond acceptors (Lipinski definition) is 5. The first-order chi connectivity index (χ1) is 13.2. The maximum absolute atomic E-state index is 12.6. The van der Waals surface area contributed by atoms with Crippen LogP contribution < -0.4 is 5.32 Å². The van der Waals surface area contributed by atoms with Crippen LogP contribution in [0.3, 0.4) is 0 Å². The predicted molar refractivity (Wildman–Crippen MR) is 96.9 cm³/mol. The minimum atomic E-state index is 0.00435. The molecule has 27 heavy (non-hydrogen) atoms. The number of ether oxygens (including phenoxy) is 1. The fraction of sp³-hybridized carbons (Fsp3) is 0.778. The number of carbonyl (C=O) groups excluding carboxylic acids is 2. The fourth-order valence-electron chi connectivity index (χ4n) is 4.10. The highest BCUT2D eigenvalue weighted by Crippen LogP contribution is 2.20. The third-order valence-electron chi connectivity index (χ3n) is 5.75. The van der Waals surface area contributed by atoms with Gasteiger partial charge in [0.05, 0.1) is 37.7 Å². The van der Waals surface area contributed by atoms with Crippen LogP contribution in [0, 0.1) is 0 Å². The van der Waals surface area contributed by atoms with E-state index in [2.05, 4.69) is 15.6 Å². The molecule has 0 atom stereocenters. The molecule has 0 spiro atoms. The second kappa shape index (κ2) is 8.24. The molecule has 0 bridgehead atoms. The number of morpholine rings is 1. The van der Waals surface area contributed by atoms with E-state index >= 15 is 0 Å². The van der Waals surface area contributed by atoms with E-state index in [-0.39, 0.29) is 11.9 Å². The smallest absolute Gasteiger partial charge is 0.318 e. The van der Waals surface area contributed by atoms with Gasteiger partial charge in [-0.25, -0.2) is 9.48 Å². The van der Waals surface area contributed by atoms with Gasteiger partial charge in [0.15, 0.2) is 0 Å². The van der Waals surface area contributed by atoms with E-state index in [4.69, 9.17) is 4.74 Å². The maximum atomic E-state index is 12.6. The van der Waals surface area contributed by atoms with Crippen LogP contribution in [0.2, 0.25) is 0 Å². The summed E-state index contributed by atoms with van der Waals surface area (Å²) in [5, 5.41) is 11.6. The molecule has 1 N–H and O–H groups in total. The summed E-state index contributed by atoms with van der Waals surface area (Å²) in [6.45, 7) is 4.34. The van der Waals surface area contributed by atoms with Crippen LogP contribution in [0.5, 0.6) is 0 Å². The van der Waals surface area contributed by atoms with Crippen LogP contribution in [-0.2, 0) is 29.0 Å². The Morgan fingerprint density at radius 3 is 2.63 bits per heavy atom. The molecule has 3 amide bonds. The first-order valence-corrected chi connectivity index (χ1v) is 10.0. The number of urea groups is 1. The highest BCUT2D eigenvalue weighted by Gasteiger charge is 2.27. The molecule has 3 aliphatic rings. The molecule has 2 aliphatic heterocycles. The van der Waals surface area contributed by atoms with Crippen molar-refractivity contribution in [2.24, 2.45) is 0 Å². The average molecular weight is 376 g/mol. The number of aryl methyl sites for hydroxylation is 1. The molecular formula is C18H28N6O3. The standard InChI is InChI=1S/C18H28N6O3/c25-17(22-9-11-27-12-10-22)6-5-15-16-13-23(7-8-24(16)21-20-15)18(26)19-14-3-1-2-4-14/h14H,1-13H2,(H,19,26). The Morgan fingerprint density at radius 2 is 1.85 bits per heavy atom. The summed E-state index contributed by atoms with van der Waals surface area (Å²) in [5.74, 6) is 0.131. The second-order valence-corrected chi connectivity index (χ2v) is 7.55. The molecule has 0 unspecified atom stereocenters. The van der Waals surface area contributed by atoms with E-state index < -0.39 is 0 Å². The van der Waals surface area contributed by atoms with Crippen molar-refractivity contribution in [1.82, 2.24) is 30.1 Å². The number of carbonyl (C=O) groups is 2. The number of aromatic nitrogens is 3. The van der Waals surface area contributed by atoms with Crippen LogP contribution in [0.1, 0.15) is 43.5 Å². The van der Waals surface area contributed by atoms with Gasteiger partial charge in [0.1, 0.15) is 0 Å². The van der Waals surface area contributed by atoms with Crippen LogP contribution in [0.4, 0.5) is 4.79 Å². The molecule has 9 nitrogen and oxygen atoms in total. The van der Waals surface area contributed by atoms with Gasteiger partial charge in [0, 0.05) is 38.5 Å². The Morgan fingerprint density at radius 1 is 1.07 bits per heavy atom. The Balaban J connectivity index is 1.33. The summed E-state index contributed by atoms with van der Waals surface area (Å²) in [6, 6.07) is 0.317. The van der Waals surface area contributed by atoms with Crippen molar-refractivity contribution in [1.29, 1.82) is 0 Å². The summed E-state index contributed by atoms with van der Waals surface area (Å²) in [7, 11) is 0. The lowest BCUT2D eigenvalue weighted by molar-refractivity contribution is -0.135. The Hall–Kier alpha value is -2.16. The number of hydrogen-bond donors (Lipinski definition) is 1. The largest absolute Gasteiger partial charge is 0.378 e. The van der Waals surface area contributed by atoms with Crippen molar-refractivity contribution in [2.75, 3.05) is 32.8 Å². The molecule has 1 aromatic rings. The zero-order valence-corrected chi connectivity index (χ0v) is 15.7. The van der Waals surface area contributed by atoms with Gasteiger partial charge in [-0.3, -0.25) is 4.79 Å². The van der Waals surface area contributed by atoms with Gasteiger partial charge in [-0.1, -0.05) is 18.1 Å². The topological polar surface area (TPSA) is 92.6 Å².